The van der Waals surface area contributed by atoms with E-state index < -0.39 is 0 Å². The molecule has 1 aromatic heterocycles. The van der Waals surface area contributed by atoms with Crippen molar-refractivity contribution in [1.29, 1.82) is 0 Å². The van der Waals surface area contributed by atoms with E-state index in [1.54, 1.807) is 6.20 Å². The minimum Gasteiger partial charge on any atom is -0.447 e. The van der Waals surface area contributed by atoms with Crippen LogP contribution in [0.2, 0.25) is 0 Å². The number of hydrogen-bond donors (Lipinski definition) is 1. The van der Waals surface area contributed by atoms with E-state index in [0.717, 1.165) is 18.8 Å². The van der Waals surface area contributed by atoms with Crippen molar-refractivity contribution < 1.29 is 4.42 Å². The van der Waals surface area contributed by atoms with E-state index in [0.29, 0.717) is 5.54 Å². The molecule has 1 fully saturated rings. The molecule has 96 valence electrons. The van der Waals surface area contributed by atoms with E-state index in [-0.39, 0.29) is 0 Å². The number of oxazole rings is 1. The first-order valence-corrected chi connectivity index (χ1v) is 6.48. The van der Waals surface area contributed by atoms with Gasteiger partial charge in [0.25, 0.3) is 0 Å². The Bertz CT molecular complexity index is 315. The summed E-state index contributed by atoms with van der Waals surface area (Å²) in [5, 5.41) is 3.50. The summed E-state index contributed by atoms with van der Waals surface area (Å²) in [5.74, 6) is 0.912. The molecule has 0 radical (unpaired) electrons. The van der Waals surface area contributed by atoms with Crippen molar-refractivity contribution in [3.63, 3.8) is 0 Å². The van der Waals surface area contributed by atoms with Crippen LogP contribution in [0.15, 0.2) is 17.0 Å². The monoisotopic (exact) mass is 237 g/mol. The second-order valence-corrected chi connectivity index (χ2v) is 5.25. The Balaban J connectivity index is 1.85. The maximum atomic E-state index is 5.23. The van der Waals surface area contributed by atoms with Crippen molar-refractivity contribution in [3.05, 3.63) is 18.4 Å². The SMILES string of the molecule is CN(C)C1(CNCc2cnco2)CCCCC1. The van der Waals surface area contributed by atoms with Gasteiger partial charge in [0.15, 0.2) is 6.39 Å². The molecular formula is C13H23N3O. The maximum Gasteiger partial charge on any atom is 0.180 e. The zero-order chi connectivity index (χ0) is 12.1. The average Bonchev–Trinajstić information content (AvgIpc) is 2.83. The van der Waals surface area contributed by atoms with Gasteiger partial charge in [0, 0.05) is 12.1 Å². The lowest BCUT2D eigenvalue weighted by Gasteiger charge is -2.43. The molecule has 0 saturated heterocycles. The molecule has 1 aliphatic rings. The molecular weight excluding hydrogens is 214 g/mol. The molecule has 1 heterocycles. The third-order valence-electron chi connectivity index (χ3n) is 3.97. The van der Waals surface area contributed by atoms with Crippen LogP contribution >= 0.6 is 0 Å². The van der Waals surface area contributed by atoms with Gasteiger partial charge in [-0.05, 0) is 26.9 Å². The highest BCUT2D eigenvalue weighted by Crippen LogP contribution is 2.31. The van der Waals surface area contributed by atoms with Crippen LogP contribution in [0.4, 0.5) is 0 Å². The first-order chi connectivity index (χ1) is 8.23. The molecule has 1 N–H and O–H groups in total. The summed E-state index contributed by atoms with van der Waals surface area (Å²) in [5.41, 5.74) is 0.332. The van der Waals surface area contributed by atoms with Crippen molar-refractivity contribution in [2.24, 2.45) is 0 Å². The van der Waals surface area contributed by atoms with Crippen LogP contribution in [0.3, 0.4) is 0 Å². The summed E-state index contributed by atoms with van der Waals surface area (Å²) in [6.45, 7) is 1.80. The topological polar surface area (TPSA) is 41.3 Å². The largest absolute Gasteiger partial charge is 0.447 e. The molecule has 0 atom stereocenters. The van der Waals surface area contributed by atoms with Gasteiger partial charge in [0.1, 0.15) is 5.76 Å². The first-order valence-electron chi connectivity index (χ1n) is 6.48. The summed E-state index contributed by atoms with van der Waals surface area (Å²) >= 11 is 0. The Morgan fingerprint density at radius 2 is 2.12 bits per heavy atom. The summed E-state index contributed by atoms with van der Waals surface area (Å²) in [6.07, 6.45) is 9.93. The molecule has 0 amide bonds. The van der Waals surface area contributed by atoms with Gasteiger partial charge >= 0.3 is 0 Å². The highest BCUT2D eigenvalue weighted by molar-refractivity contribution is 4.94. The highest BCUT2D eigenvalue weighted by atomic mass is 16.3. The second kappa shape index (κ2) is 5.65. The number of rotatable bonds is 5. The fourth-order valence-electron chi connectivity index (χ4n) is 2.74. The molecule has 0 spiro atoms. The predicted molar refractivity (Wildman–Crippen MR) is 67.7 cm³/mol. The number of aromatic nitrogens is 1. The van der Waals surface area contributed by atoms with Gasteiger partial charge in [-0.1, -0.05) is 19.3 Å². The smallest absolute Gasteiger partial charge is 0.180 e. The lowest BCUT2D eigenvalue weighted by Crippen LogP contribution is -2.52. The quantitative estimate of drug-likeness (QED) is 0.850. The van der Waals surface area contributed by atoms with Gasteiger partial charge in [0.05, 0.1) is 12.7 Å². The van der Waals surface area contributed by atoms with E-state index in [1.165, 1.54) is 38.5 Å². The number of nitrogens with zero attached hydrogens (tertiary/aromatic N) is 2. The van der Waals surface area contributed by atoms with E-state index in [4.69, 9.17) is 4.42 Å². The second-order valence-electron chi connectivity index (χ2n) is 5.25. The third-order valence-corrected chi connectivity index (χ3v) is 3.97. The summed E-state index contributed by atoms with van der Waals surface area (Å²) in [4.78, 5) is 6.31. The normalized spacial score (nSPS) is 19.7. The van der Waals surface area contributed by atoms with Crippen LogP contribution in [0.5, 0.6) is 0 Å². The fourth-order valence-corrected chi connectivity index (χ4v) is 2.74. The van der Waals surface area contributed by atoms with Crippen molar-refractivity contribution >= 4 is 0 Å². The predicted octanol–water partition coefficient (Wildman–Crippen LogP) is 2.03. The van der Waals surface area contributed by atoms with Gasteiger partial charge in [-0.3, -0.25) is 0 Å². The van der Waals surface area contributed by atoms with Gasteiger partial charge < -0.3 is 14.6 Å². The maximum absolute atomic E-state index is 5.23. The van der Waals surface area contributed by atoms with Gasteiger partial charge in [-0.25, -0.2) is 4.98 Å². The Kier molecular flexibility index (Phi) is 4.18. The Morgan fingerprint density at radius 1 is 1.35 bits per heavy atom. The molecule has 1 aromatic rings. The average molecular weight is 237 g/mol. The van der Waals surface area contributed by atoms with E-state index >= 15 is 0 Å². The standard InChI is InChI=1S/C13H23N3O/c1-16(2)13(6-4-3-5-7-13)10-14-8-12-9-15-11-17-12/h9,11,14H,3-8,10H2,1-2H3. The molecule has 0 aliphatic heterocycles. The third kappa shape index (κ3) is 3.07. The van der Waals surface area contributed by atoms with Crippen molar-refractivity contribution in [2.45, 2.75) is 44.2 Å². The summed E-state index contributed by atoms with van der Waals surface area (Å²) < 4.78 is 5.23. The van der Waals surface area contributed by atoms with Crippen LogP contribution in [0.1, 0.15) is 37.9 Å². The minimum absolute atomic E-state index is 0.332. The highest BCUT2D eigenvalue weighted by Gasteiger charge is 2.33. The molecule has 4 nitrogen and oxygen atoms in total. The van der Waals surface area contributed by atoms with Crippen molar-refractivity contribution in [1.82, 2.24) is 15.2 Å². The zero-order valence-corrected chi connectivity index (χ0v) is 10.9. The van der Waals surface area contributed by atoms with Crippen LogP contribution in [0.25, 0.3) is 0 Å². The Labute approximate surface area is 103 Å². The van der Waals surface area contributed by atoms with Crippen molar-refractivity contribution in [2.75, 3.05) is 20.6 Å². The molecule has 4 heteroatoms. The lowest BCUT2D eigenvalue weighted by molar-refractivity contribution is 0.0978. The van der Waals surface area contributed by atoms with E-state index in [9.17, 15) is 0 Å². The molecule has 1 aliphatic carbocycles. The van der Waals surface area contributed by atoms with Crippen LogP contribution < -0.4 is 5.32 Å². The van der Waals surface area contributed by atoms with E-state index in [1.807, 2.05) is 0 Å². The zero-order valence-electron chi connectivity index (χ0n) is 10.9. The number of nitrogens with one attached hydrogen (secondary N) is 1. The van der Waals surface area contributed by atoms with Crippen molar-refractivity contribution in [3.8, 4) is 0 Å². The lowest BCUT2D eigenvalue weighted by atomic mass is 9.80. The fraction of sp³-hybridized carbons (Fsp3) is 0.769. The van der Waals surface area contributed by atoms with Crippen LogP contribution in [-0.2, 0) is 6.54 Å². The first kappa shape index (κ1) is 12.6. The van der Waals surface area contributed by atoms with E-state index in [2.05, 4.69) is 29.3 Å². The molecule has 0 aromatic carbocycles. The Morgan fingerprint density at radius 3 is 2.71 bits per heavy atom. The molecule has 0 bridgehead atoms. The number of hydrogen-bond acceptors (Lipinski definition) is 4. The molecule has 1 saturated carbocycles. The molecule has 17 heavy (non-hydrogen) atoms. The summed E-state index contributed by atoms with van der Waals surface area (Å²) in [7, 11) is 4.39. The van der Waals surface area contributed by atoms with Crippen LogP contribution in [0, 0.1) is 0 Å². The Hall–Kier alpha value is -0.870. The summed E-state index contributed by atoms with van der Waals surface area (Å²) in [6, 6.07) is 0. The van der Waals surface area contributed by atoms with Gasteiger partial charge in [-0.15, -0.1) is 0 Å². The minimum atomic E-state index is 0.332. The van der Waals surface area contributed by atoms with Crippen LogP contribution in [-0.4, -0.2) is 36.1 Å². The van der Waals surface area contributed by atoms with Gasteiger partial charge in [-0.2, -0.15) is 0 Å². The van der Waals surface area contributed by atoms with Gasteiger partial charge in [0.2, 0.25) is 0 Å². The number of likely N-dealkylation sites (N-methyl/N-ethyl adjacent to an activating group) is 1. The molecule has 0 unspecified atom stereocenters. The molecule has 2 rings (SSSR count).